The Labute approximate surface area is 248 Å². The first-order valence-corrected chi connectivity index (χ1v) is 14.7. The van der Waals surface area contributed by atoms with Gasteiger partial charge in [0.2, 0.25) is 0 Å². The summed E-state index contributed by atoms with van der Waals surface area (Å²) in [4.78, 5) is 0. The number of hydrogen-bond acceptors (Lipinski definition) is 3. The van der Waals surface area contributed by atoms with Gasteiger partial charge in [-0.3, -0.25) is 0 Å². The van der Waals surface area contributed by atoms with Crippen LogP contribution in [-0.2, 0) is 9.31 Å². The van der Waals surface area contributed by atoms with Crippen LogP contribution >= 0.6 is 0 Å². The minimum atomic E-state index is -1.19. The van der Waals surface area contributed by atoms with Crippen molar-refractivity contribution >= 4 is 7.32 Å². The van der Waals surface area contributed by atoms with E-state index in [2.05, 4.69) is 125 Å². The SMILES string of the molecule is C[N+](C)(C)C.OB(OCCCC(c1ccccc1)c1ccccc1)OCCCC(c1ccccc1)c1ccccc1. The Morgan fingerprint density at radius 1 is 0.512 bits per heavy atom. The average molecular weight is 553 g/mol. The van der Waals surface area contributed by atoms with E-state index < -0.39 is 7.32 Å². The molecule has 0 aliphatic carbocycles. The molecule has 0 saturated heterocycles. The molecule has 1 N–H and O–H groups in total. The lowest BCUT2D eigenvalue weighted by Gasteiger charge is -2.19. The molecule has 4 aromatic rings. The van der Waals surface area contributed by atoms with Gasteiger partial charge < -0.3 is 18.8 Å². The molecule has 0 amide bonds. The Kier molecular flexibility index (Phi) is 13.8. The fourth-order valence-electron chi connectivity index (χ4n) is 4.78. The van der Waals surface area contributed by atoms with Crippen LogP contribution in [0.4, 0.5) is 0 Å². The van der Waals surface area contributed by atoms with E-state index in [1.807, 2.05) is 24.3 Å². The summed E-state index contributed by atoms with van der Waals surface area (Å²) in [5.41, 5.74) is 5.19. The minimum absolute atomic E-state index is 0.307. The summed E-state index contributed by atoms with van der Waals surface area (Å²) in [7, 11) is 7.31. The Bertz CT molecular complexity index is 1030. The summed E-state index contributed by atoms with van der Waals surface area (Å²) in [6, 6.07) is 42.2. The quantitative estimate of drug-likeness (QED) is 0.0998. The predicted molar refractivity (Wildman–Crippen MR) is 172 cm³/mol. The van der Waals surface area contributed by atoms with Crippen molar-refractivity contribution in [2.45, 2.75) is 37.5 Å². The summed E-state index contributed by atoms with van der Waals surface area (Å²) in [6.07, 6.45) is 3.55. The van der Waals surface area contributed by atoms with Crippen LogP contribution in [0.5, 0.6) is 0 Å². The van der Waals surface area contributed by atoms with Gasteiger partial charge in [-0.2, -0.15) is 0 Å². The second-order valence-electron chi connectivity index (χ2n) is 11.8. The van der Waals surface area contributed by atoms with E-state index in [9.17, 15) is 5.02 Å². The van der Waals surface area contributed by atoms with E-state index in [-0.39, 0.29) is 0 Å². The van der Waals surface area contributed by atoms with Crippen LogP contribution in [0.1, 0.15) is 59.8 Å². The van der Waals surface area contributed by atoms with E-state index in [0.29, 0.717) is 25.0 Å². The lowest BCUT2D eigenvalue weighted by atomic mass is 9.87. The van der Waals surface area contributed by atoms with Crippen LogP contribution in [0.2, 0.25) is 0 Å². The molecule has 0 aromatic heterocycles. The number of nitrogens with zero attached hydrogens (tertiary/aromatic N) is 1. The standard InChI is InChI=1S/C32H35BO3.C4H12N/c34-33(35-25-13-23-31(27-15-5-1-6-16-27)28-17-7-2-8-18-28)36-26-14-24-32(29-19-9-3-10-20-29)30-21-11-4-12-22-30;1-5(2,3)4/h1-12,15-22,31-32,34H,13-14,23-26H2;1-4H3/q;+1. The summed E-state index contributed by atoms with van der Waals surface area (Å²) in [6.45, 7) is 0.905. The average Bonchev–Trinajstić information content (AvgIpc) is 2.98. The largest absolute Gasteiger partial charge is 0.636 e. The van der Waals surface area contributed by atoms with Gasteiger partial charge in [0, 0.05) is 25.0 Å². The van der Waals surface area contributed by atoms with Crippen molar-refractivity contribution in [2.75, 3.05) is 41.4 Å². The molecule has 216 valence electrons. The van der Waals surface area contributed by atoms with Crippen molar-refractivity contribution in [3.8, 4) is 0 Å². The molecule has 4 rings (SSSR count). The van der Waals surface area contributed by atoms with Gasteiger partial charge in [-0.25, -0.2) is 0 Å². The molecule has 0 fully saturated rings. The van der Waals surface area contributed by atoms with Crippen LogP contribution < -0.4 is 0 Å². The molecule has 0 heterocycles. The summed E-state index contributed by atoms with van der Waals surface area (Å²) in [5, 5.41) is 10.2. The zero-order valence-electron chi connectivity index (χ0n) is 25.2. The van der Waals surface area contributed by atoms with Crippen molar-refractivity contribution in [3.63, 3.8) is 0 Å². The number of quaternary nitrogens is 1. The third kappa shape index (κ3) is 12.9. The lowest BCUT2D eigenvalue weighted by Crippen LogP contribution is -2.27. The molecule has 4 aromatic carbocycles. The van der Waals surface area contributed by atoms with Gasteiger partial charge in [-0.15, -0.1) is 0 Å². The van der Waals surface area contributed by atoms with Crippen LogP contribution in [0.25, 0.3) is 0 Å². The van der Waals surface area contributed by atoms with E-state index in [1.54, 1.807) is 0 Å². The highest BCUT2D eigenvalue weighted by Crippen LogP contribution is 2.30. The molecule has 4 nitrogen and oxygen atoms in total. The highest BCUT2D eigenvalue weighted by atomic mass is 16.7. The Morgan fingerprint density at radius 3 is 1.00 bits per heavy atom. The molecule has 0 radical (unpaired) electrons. The molecule has 0 spiro atoms. The van der Waals surface area contributed by atoms with Crippen LogP contribution in [0.3, 0.4) is 0 Å². The normalized spacial score (nSPS) is 11.3. The molecule has 0 saturated carbocycles. The van der Waals surface area contributed by atoms with Gasteiger partial charge in [0.1, 0.15) is 0 Å². The van der Waals surface area contributed by atoms with Crippen molar-refractivity contribution in [1.29, 1.82) is 0 Å². The third-order valence-electron chi connectivity index (χ3n) is 6.60. The maximum absolute atomic E-state index is 10.2. The Balaban J connectivity index is 0.000000850. The van der Waals surface area contributed by atoms with E-state index in [0.717, 1.165) is 30.2 Å². The molecule has 0 atom stereocenters. The van der Waals surface area contributed by atoms with Gasteiger partial charge in [0.05, 0.1) is 28.2 Å². The molecular weight excluding hydrogens is 505 g/mol. The fraction of sp³-hybridized carbons (Fsp3) is 0.333. The van der Waals surface area contributed by atoms with E-state index in [4.69, 9.17) is 9.31 Å². The summed E-state index contributed by atoms with van der Waals surface area (Å²) < 4.78 is 12.1. The lowest BCUT2D eigenvalue weighted by molar-refractivity contribution is -0.849. The van der Waals surface area contributed by atoms with Crippen LogP contribution in [0, 0.1) is 0 Å². The molecule has 5 heteroatoms. The number of rotatable bonds is 14. The third-order valence-corrected chi connectivity index (χ3v) is 6.60. The van der Waals surface area contributed by atoms with Gasteiger partial charge >= 0.3 is 7.32 Å². The van der Waals surface area contributed by atoms with Crippen LogP contribution in [-0.4, -0.2) is 58.2 Å². The van der Waals surface area contributed by atoms with Crippen molar-refractivity contribution in [3.05, 3.63) is 144 Å². The van der Waals surface area contributed by atoms with Gasteiger partial charge in [-0.05, 0) is 47.9 Å². The second kappa shape index (κ2) is 17.6. The minimum Gasteiger partial charge on any atom is -0.402 e. The summed E-state index contributed by atoms with van der Waals surface area (Å²) >= 11 is 0. The van der Waals surface area contributed by atoms with Crippen molar-refractivity contribution in [2.24, 2.45) is 0 Å². The smallest absolute Gasteiger partial charge is 0.402 e. The van der Waals surface area contributed by atoms with Gasteiger partial charge in [0.15, 0.2) is 0 Å². The molecule has 41 heavy (non-hydrogen) atoms. The van der Waals surface area contributed by atoms with Crippen molar-refractivity contribution < 1.29 is 18.8 Å². The van der Waals surface area contributed by atoms with E-state index >= 15 is 0 Å². The zero-order chi connectivity index (χ0) is 29.3. The second-order valence-corrected chi connectivity index (χ2v) is 11.8. The highest BCUT2D eigenvalue weighted by molar-refractivity contribution is 6.34. The van der Waals surface area contributed by atoms with Gasteiger partial charge in [0.25, 0.3) is 0 Å². The first-order chi connectivity index (χ1) is 19.8. The van der Waals surface area contributed by atoms with Crippen LogP contribution in [0.15, 0.2) is 121 Å². The van der Waals surface area contributed by atoms with Crippen molar-refractivity contribution in [1.82, 2.24) is 0 Å². The molecule has 0 unspecified atom stereocenters. The van der Waals surface area contributed by atoms with Gasteiger partial charge in [-0.1, -0.05) is 121 Å². The zero-order valence-corrected chi connectivity index (χ0v) is 25.2. The summed E-state index contributed by atoms with van der Waals surface area (Å²) in [5.74, 6) is 0.615. The maximum atomic E-state index is 10.2. The fourth-order valence-corrected chi connectivity index (χ4v) is 4.78. The molecule has 0 aliphatic heterocycles. The predicted octanol–water partition coefficient (Wildman–Crippen LogP) is 7.54. The maximum Gasteiger partial charge on any atom is 0.636 e. The first-order valence-electron chi connectivity index (χ1n) is 14.7. The van der Waals surface area contributed by atoms with E-state index in [1.165, 1.54) is 22.3 Å². The molecule has 0 bridgehead atoms. The number of benzene rings is 4. The topological polar surface area (TPSA) is 38.7 Å². The molecular formula is C36H47BNO3+. The first kappa shape index (κ1) is 32.3. The highest BCUT2D eigenvalue weighted by Gasteiger charge is 2.19. The Hall–Kier alpha value is -3.22. The molecule has 0 aliphatic rings. The monoisotopic (exact) mass is 552 g/mol. The Morgan fingerprint density at radius 2 is 0.756 bits per heavy atom. The number of hydrogen-bond donors (Lipinski definition) is 1.